The molecule has 0 N–H and O–H groups in total. The van der Waals surface area contributed by atoms with Gasteiger partial charge in [0.2, 0.25) is 0 Å². The third kappa shape index (κ3) is 3.82. The van der Waals surface area contributed by atoms with Crippen molar-refractivity contribution >= 4 is 63.8 Å². The molecular weight excluding hydrogens is 537 g/mol. The fourth-order valence-corrected chi connectivity index (χ4v) is 8.07. The lowest BCUT2D eigenvalue weighted by Gasteiger charge is -2.18. The van der Waals surface area contributed by atoms with E-state index in [1.54, 1.807) is 0 Å². The molecule has 0 aliphatic carbocycles. The molecule has 200 valence electrons. The molecule has 43 heavy (non-hydrogen) atoms. The van der Waals surface area contributed by atoms with Crippen LogP contribution in [0.1, 0.15) is 0 Å². The predicted octanol–water partition coefficient (Wildman–Crippen LogP) is 12.5. The van der Waals surface area contributed by atoms with E-state index in [0.29, 0.717) is 0 Å². The van der Waals surface area contributed by atoms with E-state index in [9.17, 15) is 0 Å². The molecule has 0 bridgehead atoms. The molecule has 0 radical (unpaired) electrons. The van der Waals surface area contributed by atoms with Crippen molar-refractivity contribution in [2.45, 2.75) is 0 Å². The third-order valence-corrected chi connectivity index (χ3v) is 10.0. The Morgan fingerprint density at radius 3 is 1.49 bits per heavy atom. The van der Waals surface area contributed by atoms with Crippen LogP contribution in [0.4, 0.5) is 0 Å². The van der Waals surface area contributed by atoms with Crippen LogP contribution < -0.4 is 0 Å². The fourth-order valence-electron chi connectivity index (χ4n) is 6.93. The molecule has 0 nitrogen and oxygen atoms in total. The second-order valence-corrected chi connectivity index (χ2v) is 12.3. The zero-order valence-electron chi connectivity index (χ0n) is 23.4. The van der Waals surface area contributed by atoms with Gasteiger partial charge in [-0.3, -0.25) is 0 Å². The van der Waals surface area contributed by atoms with Crippen LogP contribution in [0.15, 0.2) is 158 Å². The van der Waals surface area contributed by atoms with E-state index < -0.39 is 0 Å². The molecule has 0 saturated carbocycles. The Bertz CT molecular complexity index is 2430. The van der Waals surface area contributed by atoms with E-state index in [1.165, 1.54) is 85.9 Å². The van der Waals surface area contributed by atoms with Gasteiger partial charge in [-0.15, -0.1) is 11.3 Å². The maximum Gasteiger partial charge on any atom is 0.0361 e. The smallest absolute Gasteiger partial charge is 0.0361 e. The molecule has 9 aromatic rings. The van der Waals surface area contributed by atoms with Gasteiger partial charge in [0.15, 0.2) is 0 Å². The first-order valence-corrected chi connectivity index (χ1v) is 15.6. The van der Waals surface area contributed by atoms with E-state index in [0.717, 1.165) is 0 Å². The molecule has 0 atom stereocenters. The highest BCUT2D eigenvalue weighted by atomic mass is 32.1. The quantitative estimate of drug-likeness (QED) is 0.188. The number of benzene rings is 8. The lowest BCUT2D eigenvalue weighted by atomic mass is 9.85. The van der Waals surface area contributed by atoms with Gasteiger partial charge in [-0.25, -0.2) is 0 Å². The van der Waals surface area contributed by atoms with Gasteiger partial charge in [-0.05, 0) is 77.8 Å². The number of thiophene rings is 1. The van der Waals surface area contributed by atoms with E-state index in [2.05, 4.69) is 158 Å². The van der Waals surface area contributed by atoms with Crippen LogP contribution in [0.5, 0.6) is 0 Å². The Labute approximate surface area is 254 Å². The van der Waals surface area contributed by atoms with Crippen LogP contribution in [0.25, 0.3) is 85.9 Å². The first kappa shape index (κ1) is 24.4. The van der Waals surface area contributed by atoms with Crippen molar-refractivity contribution in [3.8, 4) is 33.4 Å². The molecular formula is C42H26S. The summed E-state index contributed by atoms with van der Waals surface area (Å²) >= 11 is 1.88. The molecule has 0 amide bonds. The maximum absolute atomic E-state index is 2.40. The topological polar surface area (TPSA) is 0 Å². The Morgan fingerprint density at radius 2 is 0.791 bits per heavy atom. The highest BCUT2D eigenvalue weighted by molar-refractivity contribution is 7.25. The second kappa shape index (κ2) is 9.66. The normalized spacial score (nSPS) is 11.7. The summed E-state index contributed by atoms with van der Waals surface area (Å²) < 4.78 is 2.67. The van der Waals surface area contributed by atoms with Gasteiger partial charge in [0.05, 0.1) is 0 Å². The van der Waals surface area contributed by atoms with Crippen molar-refractivity contribution < 1.29 is 0 Å². The average molecular weight is 563 g/mol. The van der Waals surface area contributed by atoms with Crippen molar-refractivity contribution in [2.75, 3.05) is 0 Å². The summed E-state index contributed by atoms with van der Waals surface area (Å²) in [5.74, 6) is 0. The molecule has 8 aromatic carbocycles. The Balaban J connectivity index is 1.26. The molecule has 0 fully saturated rings. The van der Waals surface area contributed by atoms with Crippen LogP contribution in [0, 0.1) is 0 Å². The standard InChI is InChI=1S/C42H26S/c1-2-12-31-27(10-1)11-9-18-32(31)28-20-22-29(23-21-28)41-35-14-3-5-16-37(35)42(38-17-6-4-15-36(38)41)30-24-25-34-33-13-7-8-19-39(33)43-40(34)26-30/h1-26H. The largest absolute Gasteiger partial charge is 0.135 e. The zero-order chi connectivity index (χ0) is 28.3. The van der Waals surface area contributed by atoms with E-state index in [-0.39, 0.29) is 0 Å². The monoisotopic (exact) mass is 562 g/mol. The summed E-state index contributed by atoms with van der Waals surface area (Å²) in [7, 11) is 0. The molecule has 0 saturated heterocycles. The van der Waals surface area contributed by atoms with Crippen LogP contribution >= 0.6 is 11.3 Å². The van der Waals surface area contributed by atoms with E-state index in [1.807, 2.05) is 11.3 Å². The van der Waals surface area contributed by atoms with Crippen LogP contribution in [-0.2, 0) is 0 Å². The summed E-state index contributed by atoms with van der Waals surface area (Å²) in [6.45, 7) is 0. The Hall–Kier alpha value is -5.24. The summed E-state index contributed by atoms with van der Waals surface area (Å²) in [5.41, 5.74) is 7.62. The lowest BCUT2D eigenvalue weighted by Crippen LogP contribution is -1.91. The average Bonchev–Trinajstić information content (AvgIpc) is 3.45. The molecule has 1 heterocycles. The number of hydrogen-bond donors (Lipinski definition) is 0. The summed E-state index contributed by atoms with van der Waals surface area (Å²) in [6, 6.07) is 58.0. The third-order valence-electron chi connectivity index (χ3n) is 8.87. The van der Waals surface area contributed by atoms with Crippen LogP contribution in [-0.4, -0.2) is 0 Å². The van der Waals surface area contributed by atoms with Gasteiger partial charge in [-0.1, -0.05) is 146 Å². The van der Waals surface area contributed by atoms with E-state index >= 15 is 0 Å². The predicted molar refractivity (Wildman–Crippen MR) is 188 cm³/mol. The molecule has 0 aliphatic rings. The van der Waals surface area contributed by atoms with Crippen molar-refractivity contribution in [3.63, 3.8) is 0 Å². The number of rotatable bonds is 3. The van der Waals surface area contributed by atoms with Gasteiger partial charge in [-0.2, -0.15) is 0 Å². The molecule has 0 aliphatic heterocycles. The highest BCUT2D eigenvalue weighted by Crippen LogP contribution is 2.45. The van der Waals surface area contributed by atoms with Crippen LogP contribution in [0.3, 0.4) is 0 Å². The molecule has 1 aromatic heterocycles. The lowest BCUT2D eigenvalue weighted by molar-refractivity contribution is 1.63. The van der Waals surface area contributed by atoms with Gasteiger partial charge >= 0.3 is 0 Å². The minimum atomic E-state index is 1.24. The van der Waals surface area contributed by atoms with Gasteiger partial charge < -0.3 is 0 Å². The Kier molecular flexibility index (Phi) is 5.47. The summed E-state index contributed by atoms with van der Waals surface area (Å²) in [6.07, 6.45) is 0. The minimum absolute atomic E-state index is 1.24. The molecule has 0 spiro atoms. The SMILES string of the molecule is c1ccc2c(-c3ccc(-c4c5ccccc5c(-c5ccc6c(c5)sc5ccccc56)c5ccccc45)cc3)cccc2c1. The molecule has 0 unspecified atom stereocenters. The van der Waals surface area contributed by atoms with Gasteiger partial charge in [0.1, 0.15) is 0 Å². The van der Waals surface area contributed by atoms with Crippen molar-refractivity contribution in [1.29, 1.82) is 0 Å². The van der Waals surface area contributed by atoms with Crippen molar-refractivity contribution in [2.24, 2.45) is 0 Å². The van der Waals surface area contributed by atoms with Crippen LogP contribution in [0.2, 0.25) is 0 Å². The number of fused-ring (bicyclic) bond motifs is 6. The highest BCUT2D eigenvalue weighted by Gasteiger charge is 2.17. The minimum Gasteiger partial charge on any atom is -0.135 e. The fraction of sp³-hybridized carbons (Fsp3) is 0. The Morgan fingerprint density at radius 1 is 0.302 bits per heavy atom. The zero-order valence-corrected chi connectivity index (χ0v) is 24.2. The number of hydrogen-bond acceptors (Lipinski definition) is 1. The van der Waals surface area contributed by atoms with Gasteiger partial charge in [0, 0.05) is 20.2 Å². The van der Waals surface area contributed by atoms with Crippen molar-refractivity contribution in [1.82, 2.24) is 0 Å². The summed E-state index contributed by atoms with van der Waals surface area (Å²) in [5, 5.41) is 10.4. The van der Waals surface area contributed by atoms with E-state index in [4.69, 9.17) is 0 Å². The van der Waals surface area contributed by atoms with Gasteiger partial charge in [0.25, 0.3) is 0 Å². The van der Waals surface area contributed by atoms with Crippen molar-refractivity contribution in [3.05, 3.63) is 158 Å². The molecule has 9 rings (SSSR count). The first-order valence-electron chi connectivity index (χ1n) is 14.8. The second-order valence-electron chi connectivity index (χ2n) is 11.3. The first-order chi connectivity index (χ1) is 21.3. The molecule has 1 heteroatoms. The maximum atomic E-state index is 2.40. The summed E-state index contributed by atoms with van der Waals surface area (Å²) in [4.78, 5) is 0.